The van der Waals surface area contributed by atoms with Crippen molar-refractivity contribution in [2.75, 3.05) is 31.5 Å². The molecule has 1 aromatic heterocycles. The summed E-state index contributed by atoms with van der Waals surface area (Å²) >= 11 is 1.47. The number of carbonyl (C=O) groups excluding carboxylic acids is 2. The fourth-order valence-corrected chi connectivity index (χ4v) is 4.60. The molecule has 1 fully saturated rings. The van der Waals surface area contributed by atoms with Crippen molar-refractivity contribution >= 4 is 28.8 Å². The first-order valence-electron chi connectivity index (χ1n) is 10.2. The van der Waals surface area contributed by atoms with Crippen LogP contribution < -0.4 is 10.2 Å². The largest absolute Gasteiger partial charge is 0.327 e. The van der Waals surface area contributed by atoms with Gasteiger partial charge in [-0.05, 0) is 30.5 Å². The average molecular weight is 421 g/mol. The fraction of sp³-hybridized carbons (Fsp3) is 0.250. The van der Waals surface area contributed by atoms with Crippen molar-refractivity contribution in [2.24, 2.45) is 0 Å². The Morgan fingerprint density at radius 1 is 0.967 bits per heavy atom. The summed E-state index contributed by atoms with van der Waals surface area (Å²) in [6.45, 7) is 4.79. The summed E-state index contributed by atoms with van der Waals surface area (Å²) in [4.78, 5) is 29.8. The second-order valence-corrected chi connectivity index (χ2v) is 8.57. The third-order valence-electron chi connectivity index (χ3n) is 5.55. The Kier molecular flexibility index (Phi) is 6.26. The number of quaternary nitrogens is 1. The summed E-state index contributed by atoms with van der Waals surface area (Å²) in [5, 5.41) is 5.01. The molecule has 154 valence electrons. The van der Waals surface area contributed by atoms with E-state index in [2.05, 4.69) is 5.32 Å². The number of anilines is 1. The molecule has 2 N–H and O–H groups in total. The lowest BCUT2D eigenvalue weighted by Crippen LogP contribution is -3.16. The quantitative estimate of drug-likeness (QED) is 0.667. The predicted molar refractivity (Wildman–Crippen MR) is 120 cm³/mol. The van der Waals surface area contributed by atoms with Gasteiger partial charge in [-0.25, -0.2) is 0 Å². The summed E-state index contributed by atoms with van der Waals surface area (Å²) in [5.41, 5.74) is 2.96. The molecule has 30 heavy (non-hydrogen) atoms. The molecule has 0 bridgehead atoms. The van der Waals surface area contributed by atoms with Gasteiger partial charge < -0.3 is 15.1 Å². The Labute approximate surface area is 180 Å². The van der Waals surface area contributed by atoms with E-state index in [0.717, 1.165) is 34.8 Å². The van der Waals surface area contributed by atoms with Gasteiger partial charge in [0.25, 0.3) is 11.8 Å². The van der Waals surface area contributed by atoms with Crippen LogP contribution in [0.1, 0.15) is 26.8 Å². The fourth-order valence-electron chi connectivity index (χ4n) is 3.91. The van der Waals surface area contributed by atoms with E-state index in [4.69, 9.17) is 0 Å². The zero-order chi connectivity index (χ0) is 20.9. The molecule has 6 heteroatoms. The van der Waals surface area contributed by atoms with Crippen molar-refractivity contribution in [3.8, 4) is 0 Å². The van der Waals surface area contributed by atoms with Crippen molar-refractivity contribution in [3.63, 3.8) is 0 Å². The molecule has 1 saturated heterocycles. The van der Waals surface area contributed by atoms with Crippen LogP contribution >= 0.6 is 11.3 Å². The number of carbonyl (C=O) groups is 2. The third kappa shape index (κ3) is 4.61. The monoisotopic (exact) mass is 420 g/mol. The van der Waals surface area contributed by atoms with Gasteiger partial charge in [-0.15, -0.1) is 11.3 Å². The minimum absolute atomic E-state index is 0.0157. The van der Waals surface area contributed by atoms with Gasteiger partial charge in [-0.2, -0.15) is 0 Å². The Morgan fingerprint density at radius 3 is 2.30 bits per heavy atom. The molecule has 0 aliphatic carbocycles. The summed E-state index contributed by atoms with van der Waals surface area (Å²) in [7, 11) is 0. The van der Waals surface area contributed by atoms with Crippen LogP contribution in [0.2, 0.25) is 0 Å². The van der Waals surface area contributed by atoms with Gasteiger partial charge in [0, 0.05) is 11.3 Å². The van der Waals surface area contributed by atoms with E-state index < -0.39 is 0 Å². The van der Waals surface area contributed by atoms with Gasteiger partial charge in [0.1, 0.15) is 0 Å². The summed E-state index contributed by atoms with van der Waals surface area (Å²) in [6, 6.07) is 21.2. The molecule has 2 aromatic carbocycles. The van der Waals surface area contributed by atoms with Crippen molar-refractivity contribution in [3.05, 3.63) is 88.1 Å². The zero-order valence-electron chi connectivity index (χ0n) is 17.0. The van der Waals surface area contributed by atoms with Gasteiger partial charge in [-0.3, -0.25) is 9.59 Å². The first-order valence-corrected chi connectivity index (χ1v) is 11.1. The maximum Gasteiger partial charge on any atom is 0.287 e. The second kappa shape index (κ2) is 9.24. The number of benzene rings is 2. The van der Waals surface area contributed by atoms with Crippen LogP contribution in [0.25, 0.3) is 0 Å². The maximum atomic E-state index is 13.3. The van der Waals surface area contributed by atoms with Crippen molar-refractivity contribution in [1.82, 2.24) is 4.90 Å². The Bertz CT molecular complexity index is 979. The second-order valence-electron chi connectivity index (χ2n) is 7.63. The van der Waals surface area contributed by atoms with E-state index in [9.17, 15) is 9.59 Å². The van der Waals surface area contributed by atoms with Gasteiger partial charge in [0.05, 0.1) is 31.1 Å². The molecular formula is C24H26N3O2S+. The summed E-state index contributed by atoms with van der Waals surface area (Å²) in [5.74, 6) is 0.0718. The molecule has 1 atom stereocenters. The highest BCUT2D eigenvalue weighted by Gasteiger charge is 2.35. The highest BCUT2D eigenvalue weighted by molar-refractivity contribution is 7.12. The van der Waals surface area contributed by atoms with E-state index in [1.165, 1.54) is 16.2 Å². The predicted octanol–water partition coefficient (Wildman–Crippen LogP) is 2.78. The number of rotatable bonds is 5. The Hall–Kier alpha value is -2.96. The smallest absolute Gasteiger partial charge is 0.287 e. The molecule has 0 saturated carbocycles. The van der Waals surface area contributed by atoms with Crippen molar-refractivity contribution in [1.29, 1.82) is 0 Å². The normalized spacial score (nSPS) is 15.6. The van der Waals surface area contributed by atoms with E-state index in [1.807, 2.05) is 83.9 Å². The van der Waals surface area contributed by atoms with Gasteiger partial charge in [-0.1, -0.05) is 54.1 Å². The molecule has 3 aromatic rings. The number of aryl methyl sites for hydroxylation is 1. The van der Waals surface area contributed by atoms with E-state index >= 15 is 0 Å². The highest BCUT2D eigenvalue weighted by Crippen LogP contribution is 2.16. The van der Waals surface area contributed by atoms with Crippen molar-refractivity contribution < 1.29 is 14.5 Å². The number of hydrogen-bond acceptors (Lipinski definition) is 3. The average Bonchev–Trinajstić information content (AvgIpc) is 3.31. The summed E-state index contributed by atoms with van der Waals surface area (Å²) in [6.07, 6.45) is 0. The molecule has 4 rings (SSSR count). The molecular weight excluding hydrogens is 394 g/mol. The lowest BCUT2D eigenvalue weighted by molar-refractivity contribution is -0.925. The molecule has 2 amide bonds. The molecule has 0 spiro atoms. The number of amides is 2. The van der Waals surface area contributed by atoms with E-state index in [1.54, 1.807) is 0 Å². The molecule has 2 heterocycles. The zero-order valence-corrected chi connectivity index (χ0v) is 17.8. The minimum atomic E-state index is -0.313. The van der Waals surface area contributed by atoms with E-state index in [-0.39, 0.29) is 17.9 Å². The first kappa shape index (κ1) is 20.3. The van der Waals surface area contributed by atoms with Crippen LogP contribution in [0, 0.1) is 6.92 Å². The van der Waals surface area contributed by atoms with Crippen LogP contribution in [0.3, 0.4) is 0 Å². The number of piperazine rings is 1. The van der Waals surface area contributed by atoms with Crippen LogP contribution in [-0.2, 0) is 4.79 Å². The number of nitrogens with one attached hydrogen (secondary N) is 2. The number of thiophene rings is 1. The topological polar surface area (TPSA) is 53.9 Å². The Balaban J connectivity index is 1.49. The lowest BCUT2D eigenvalue weighted by atomic mass is 10.0. The number of nitrogens with zero attached hydrogens (tertiary/aromatic N) is 1. The Morgan fingerprint density at radius 2 is 1.67 bits per heavy atom. The first-order chi connectivity index (χ1) is 14.6. The van der Waals surface area contributed by atoms with E-state index in [0.29, 0.717) is 13.1 Å². The minimum Gasteiger partial charge on any atom is -0.327 e. The van der Waals surface area contributed by atoms with Crippen LogP contribution in [0.5, 0.6) is 0 Å². The van der Waals surface area contributed by atoms with Crippen molar-refractivity contribution in [2.45, 2.75) is 13.0 Å². The van der Waals surface area contributed by atoms with Gasteiger partial charge in [0.2, 0.25) is 0 Å². The lowest BCUT2D eigenvalue weighted by Gasteiger charge is -2.36. The third-order valence-corrected chi connectivity index (χ3v) is 6.41. The highest BCUT2D eigenvalue weighted by atomic mass is 32.1. The van der Waals surface area contributed by atoms with Gasteiger partial charge in [0.15, 0.2) is 6.04 Å². The molecule has 0 unspecified atom stereocenters. The molecule has 5 nitrogen and oxygen atoms in total. The van der Waals surface area contributed by atoms with Crippen LogP contribution in [0.4, 0.5) is 5.69 Å². The van der Waals surface area contributed by atoms with Crippen LogP contribution in [0.15, 0.2) is 72.1 Å². The van der Waals surface area contributed by atoms with Gasteiger partial charge >= 0.3 is 0 Å². The molecule has 1 aliphatic rings. The van der Waals surface area contributed by atoms with Crippen LogP contribution in [-0.4, -0.2) is 42.9 Å². The molecule has 0 radical (unpaired) electrons. The standard InChI is InChI=1S/C24H25N3O2S/c1-18-9-11-20(12-10-18)25-23(28)22(19-6-3-2-4-7-19)26-13-15-27(16-14-26)24(29)21-8-5-17-30-21/h2-12,17,22H,13-16H2,1H3,(H,25,28)/p+1/t22-/m1/s1. The number of hydrogen-bond donors (Lipinski definition) is 2. The summed E-state index contributed by atoms with van der Waals surface area (Å²) < 4.78 is 0. The maximum absolute atomic E-state index is 13.3. The molecule has 1 aliphatic heterocycles. The SMILES string of the molecule is Cc1ccc(NC(=O)[C@@H](c2ccccc2)[NH+]2CCN(C(=O)c3cccs3)CC2)cc1.